The summed E-state index contributed by atoms with van der Waals surface area (Å²) in [6.45, 7) is 2.65. The number of aromatic nitrogens is 2. The van der Waals surface area contributed by atoms with Crippen molar-refractivity contribution in [1.29, 1.82) is 0 Å². The predicted octanol–water partition coefficient (Wildman–Crippen LogP) is 2.97. The van der Waals surface area contributed by atoms with E-state index in [1.807, 2.05) is 12.3 Å². The van der Waals surface area contributed by atoms with E-state index in [-0.39, 0.29) is 0 Å². The maximum atomic E-state index is 5.86. The number of hydrogen-bond donors (Lipinski definition) is 2. The van der Waals surface area contributed by atoms with Gasteiger partial charge >= 0.3 is 0 Å². The Morgan fingerprint density at radius 3 is 2.90 bits per heavy atom. The number of nitrogens with two attached hydrogens (primary N) is 1. The highest BCUT2D eigenvalue weighted by atomic mass is 32.1. The van der Waals surface area contributed by atoms with Crippen LogP contribution in [0.2, 0.25) is 0 Å². The van der Waals surface area contributed by atoms with E-state index >= 15 is 0 Å². The highest BCUT2D eigenvalue weighted by molar-refractivity contribution is 7.80. The lowest BCUT2D eigenvalue weighted by molar-refractivity contribution is 0.668. The largest absolute Gasteiger partial charge is 0.389 e. The number of thiazole rings is 1. The van der Waals surface area contributed by atoms with E-state index in [1.54, 1.807) is 11.3 Å². The second-order valence-corrected chi connectivity index (χ2v) is 6.68. The molecule has 3 N–H and O–H groups in total. The summed E-state index contributed by atoms with van der Waals surface area (Å²) in [6.07, 6.45) is 4.54. The van der Waals surface area contributed by atoms with Crippen molar-refractivity contribution < 1.29 is 0 Å². The molecule has 0 unspecified atom stereocenters. The number of aryl methyl sites for hydroxylation is 3. The number of fused-ring (bicyclic) bond motifs is 1. The molecule has 0 bridgehead atoms. The van der Waals surface area contributed by atoms with Crippen LogP contribution in [0.4, 0.5) is 5.82 Å². The summed E-state index contributed by atoms with van der Waals surface area (Å²) in [5, 5.41) is 6.43. The van der Waals surface area contributed by atoms with Crippen LogP contribution in [-0.2, 0) is 19.4 Å². The van der Waals surface area contributed by atoms with Gasteiger partial charge in [0.05, 0.1) is 12.1 Å². The molecule has 0 atom stereocenters. The highest BCUT2D eigenvalue weighted by Gasteiger charge is 2.16. The second-order valence-electron chi connectivity index (χ2n) is 5.30. The summed E-state index contributed by atoms with van der Waals surface area (Å²) >= 11 is 6.82. The van der Waals surface area contributed by atoms with Crippen LogP contribution in [0.3, 0.4) is 0 Å². The Labute approximate surface area is 133 Å². The molecule has 0 spiro atoms. The molecule has 0 saturated carbocycles. The van der Waals surface area contributed by atoms with Crippen molar-refractivity contribution in [3.8, 4) is 0 Å². The molecule has 0 amide bonds. The van der Waals surface area contributed by atoms with Crippen molar-refractivity contribution in [2.75, 3.05) is 5.32 Å². The Balaban J connectivity index is 1.87. The first-order valence-electron chi connectivity index (χ1n) is 7.11. The molecule has 2 aromatic rings. The smallest absolute Gasteiger partial charge is 0.136 e. The van der Waals surface area contributed by atoms with Crippen molar-refractivity contribution in [2.24, 2.45) is 5.73 Å². The van der Waals surface area contributed by atoms with Gasteiger partial charge in [0.25, 0.3) is 0 Å². The molecule has 110 valence electrons. The predicted molar refractivity (Wildman–Crippen MR) is 90.9 cm³/mol. The van der Waals surface area contributed by atoms with E-state index in [2.05, 4.69) is 16.4 Å². The molecule has 21 heavy (non-hydrogen) atoms. The summed E-state index contributed by atoms with van der Waals surface area (Å²) in [7, 11) is 0. The fraction of sp³-hybridized carbons (Fsp3) is 0.400. The van der Waals surface area contributed by atoms with Gasteiger partial charge in [-0.2, -0.15) is 0 Å². The number of nitrogens with one attached hydrogen (secondary N) is 1. The Bertz CT molecular complexity index is 678. The van der Waals surface area contributed by atoms with Gasteiger partial charge < -0.3 is 11.1 Å². The van der Waals surface area contributed by atoms with Crippen molar-refractivity contribution >= 4 is 34.4 Å². The molecule has 2 aromatic heterocycles. The molecule has 0 aliphatic heterocycles. The molecule has 4 nitrogen and oxygen atoms in total. The summed E-state index contributed by atoms with van der Waals surface area (Å²) in [4.78, 5) is 9.60. The van der Waals surface area contributed by atoms with Crippen LogP contribution in [0.15, 0.2) is 11.4 Å². The monoisotopic (exact) mass is 318 g/mol. The lowest BCUT2D eigenvalue weighted by Gasteiger charge is -2.18. The quantitative estimate of drug-likeness (QED) is 0.849. The van der Waals surface area contributed by atoms with E-state index in [1.165, 1.54) is 24.1 Å². The van der Waals surface area contributed by atoms with Gasteiger partial charge in [0.1, 0.15) is 15.8 Å². The van der Waals surface area contributed by atoms with Crippen LogP contribution in [0, 0.1) is 6.92 Å². The minimum Gasteiger partial charge on any atom is -0.389 e. The molecule has 2 heterocycles. The fourth-order valence-corrected chi connectivity index (χ4v) is 3.47. The van der Waals surface area contributed by atoms with Crippen LogP contribution < -0.4 is 11.1 Å². The fourth-order valence-electron chi connectivity index (χ4n) is 2.60. The van der Waals surface area contributed by atoms with Gasteiger partial charge in [-0.3, -0.25) is 0 Å². The number of nitrogens with zero attached hydrogens (tertiary/aromatic N) is 2. The first-order chi connectivity index (χ1) is 10.1. The average molecular weight is 318 g/mol. The zero-order valence-corrected chi connectivity index (χ0v) is 13.6. The van der Waals surface area contributed by atoms with Crippen molar-refractivity contribution in [3.63, 3.8) is 0 Å². The topological polar surface area (TPSA) is 63.8 Å². The molecule has 0 aromatic carbocycles. The molecule has 6 heteroatoms. The lowest BCUT2D eigenvalue weighted by atomic mass is 9.94. The molecular formula is C15H18N4S2. The van der Waals surface area contributed by atoms with Gasteiger partial charge in [-0.25, -0.2) is 9.97 Å². The van der Waals surface area contributed by atoms with Gasteiger partial charge in [-0.1, -0.05) is 12.2 Å². The number of hydrogen-bond acceptors (Lipinski definition) is 5. The van der Waals surface area contributed by atoms with Gasteiger partial charge in [0.15, 0.2) is 0 Å². The molecule has 0 saturated heterocycles. The summed E-state index contributed by atoms with van der Waals surface area (Å²) < 4.78 is 0. The van der Waals surface area contributed by atoms with Crippen molar-refractivity contribution in [1.82, 2.24) is 9.97 Å². The van der Waals surface area contributed by atoms with Crippen molar-refractivity contribution in [2.45, 2.75) is 39.2 Å². The van der Waals surface area contributed by atoms with Crippen LogP contribution in [0.1, 0.15) is 40.4 Å². The van der Waals surface area contributed by atoms with E-state index in [4.69, 9.17) is 22.9 Å². The van der Waals surface area contributed by atoms with Gasteiger partial charge in [-0.15, -0.1) is 11.3 Å². The highest BCUT2D eigenvalue weighted by Crippen LogP contribution is 2.25. The molecule has 1 aliphatic rings. The Morgan fingerprint density at radius 1 is 1.38 bits per heavy atom. The molecule has 1 aliphatic carbocycles. The van der Waals surface area contributed by atoms with Crippen LogP contribution in [0.25, 0.3) is 0 Å². The van der Waals surface area contributed by atoms with Crippen LogP contribution in [-0.4, -0.2) is 15.0 Å². The Hall–Kier alpha value is -1.53. The number of thiocarbonyl (C=S) groups is 1. The van der Waals surface area contributed by atoms with Gasteiger partial charge in [0, 0.05) is 16.8 Å². The summed E-state index contributed by atoms with van der Waals surface area (Å²) in [6, 6.07) is 2.11. The first-order valence-corrected chi connectivity index (χ1v) is 8.40. The third-order valence-electron chi connectivity index (χ3n) is 3.64. The standard InChI is InChI=1S/C15H18N4S2/c1-9-8-21-13(18-9)7-17-15-11(14(16)20)6-10-4-2-3-5-12(10)19-15/h6,8H,2-5,7H2,1H3,(H2,16,20)(H,17,19). The molecular weight excluding hydrogens is 300 g/mol. The summed E-state index contributed by atoms with van der Waals surface area (Å²) in [5.74, 6) is 0.788. The van der Waals surface area contributed by atoms with E-state index in [9.17, 15) is 0 Å². The first kappa shape index (κ1) is 14.4. The average Bonchev–Trinajstić information content (AvgIpc) is 2.89. The Kier molecular flexibility index (Phi) is 4.17. The van der Waals surface area contributed by atoms with Crippen LogP contribution >= 0.6 is 23.6 Å². The third kappa shape index (κ3) is 3.22. The third-order valence-corrected chi connectivity index (χ3v) is 4.83. The molecule has 3 rings (SSSR count). The maximum absolute atomic E-state index is 5.86. The summed E-state index contributed by atoms with van der Waals surface area (Å²) in [5.41, 5.74) is 10.2. The normalized spacial score (nSPS) is 13.8. The van der Waals surface area contributed by atoms with E-state index < -0.39 is 0 Å². The molecule has 0 radical (unpaired) electrons. The number of rotatable bonds is 4. The van der Waals surface area contributed by atoms with Gasteiger partial charge in [0.2, 0.25) is 0 Å². The van der Waals surface area contributed by atoms with E-state index in [0.717, 1.165) is 34.9 Å². The second kappa shape index (κ2) is 6.07. The van der Waals surface area contributed by atoms with Crippen LogP contribution in [0.5, 0.6) is 0 Å². The number of pyridine rings is 1. The zero-order valence-electron chi connectivity index (χ0n) is 12.0. The Morgan fingerprint density at radius 2 is 2.19 bits per heavy atom. The van der Waals surface area contributed by atoms with Crippen molar-refractivity contribution in [3.05, 3.63) is 39.0 Å². The van der Waals surface area contributed by atoms with E-state index in [0.29, 0.717) is 11.5 Å². The lowest BCUT2D eigenvalue weighted by Crippen LogP contribution is -2.18. The van der Waals surface area contributed by atoms with Gasteiger partial charge in [-0.05, 0) is 44.2 Å². The number of anilines is 1. The minimum atomic E-state index is 0.397. The SMILES string of the molecule is Cc1csc(CNc2nc3c(cc2C(N)=S)CCCC3)n1. The maximum Gasteiger partial charge on any atom is 0.136 e. The molecule has 0 fully saturated rings. The zero-order chi connectivity index (χ0) is 14.8. The minimum absolute atomic E-state index is 0.397.